The maximum Gasteiger partial charge on any atom is 0.410 e. The van der Waals surface area contributed by atoms with Crippen molar-refractivity contribution < 1.29 is 23.9 Å². The van der Waals surface area contributed by atoms with E-state index in [9.17, 15) is 14.4 Å². The summed E-state index contributed by atoms with van der Waals surface area (Å²) < 4.78 is 11.1. The summed E-state index contributed by atoms with van der Waals surface area (Å²) in [6, 6.07) is 0. The Kier molecular flexibility index (Phi) is 5.50. The lowest BCUT2D eigenvalue weighted by Gasteiger charge is -2.47. The van der Waals surface area contributed by atoms with E-state index < -0.39 is 11.2 Å². The number of amides is 1. The molecule has 0 radical (unpaired) electrons. The summed E-state index contributed by atoms with van der Waals surface area (Å²) in [7, 11) is 0. The van der Waals surface area contributed by atoms with Crippen LogP contribution in [0.3, 0.4) is 0 Å². The van der Waals surface area contributed by atoms with E-state index in [2.05, 4.69) is 0 Å². The standard InChI is InChI=1S/C19H31NO5/c1-12-9-14(21)7-8-15(12)16(22)24-19(5,6)13-10-20(11-13)17(23)25-18(2,3)4/h12-13,15H,7-11H2,1-6H3/t12-,15+/m0/s1. The molecule has 1 aliphatic heterocycles. The van der Waals surface area contributed by atoms with Gasteiger partial charge in [-0.3, -0.25) is 9.59 Å². The first-order valence-corrected chi connectivity index (χ1v) is 9.11. The number of carbonyl (C=O) groups excluding carboxylic acids is 3. The van der Waals surface area contributed by atoms with E-state index >= 15 is 0 Å². The van der Waals surface area contributed by atoms with Crippen LogP contribution in [0.2, 0.25) is 0 Å². The molecule has 2 rings (SSSR count). The Hall–Kier alpha value is -1.59. The summed E-state index contributed by atoms with van der Waals surface area (Å²) in [4.78, 5) is 37.7. The lowest BCUT2D eigenvalue weighted by molar-refractivity contribution is -0.175. The van der Waals surface area contributed by atoms with Crippen LogP contribution in [0.15, 0.2) is 0 Å². The van der Waals surface area contributed by atoms with Crippen molar-refractivity contribution in [1.29, 1.82) is 0 Å². The maximum absolute atomic E-state index is 12.5. The lowest BCUT2D eigenvalue weighted by Crippen LogP contribution is -2.59. The van der Waals surface area contributed by atoms with E-state index in [-0.39, 0.29) is 35.6 Å². The molecule has 0 aromatic heterocycles. The second-order valence-electron chi connectivity index (χ2n) is 8.97. The van der Waals surface area contributed by atoms with Gasteiger partial charge in [0.05, 0.1) is 5.92 Å². The Balaban J connectivity index is 1.85. The number of rotatable bonds is 3. The molecule has 0 N–H and O–H groups in total. The molecular weight excluding hydrogens is 322 g/mol. The molecule has 6 nitrogen and oxygen atoms in total. The van der Waals surface area contributed by atoms with E-state index in [0.29, 0.717) is 32.4 Å². The average Bonchev–Trinajstić information content (AvgIpc) is 2.32. The molecule has 2 atom stereocenters. The highest BCUT2D eigenvalue weighted by molar-refractivity contribution is 5.83. The van der Waals surface area contributed by atoms with Crippen LogP contribution in [0.4, 0.5) is 4.79 Å². The topological polar surface area (TPSA) is 72.9 Å². The summed E-state index contributed by atoms with van der Waals surface area (Å²) in [5.74, 6) is -0.0868. The summed E-state index contributed by atoms with van der Waals surface area (Å²) >= 11 is 0. The summed E-state index contributed by atoms with van der Waals surface area (Å²) in [5.41, 5.74) is -1.16. The molecule has 0 aromatic carbocycles. The van der Waals surface area contributed by atoms with Crippen LogP contribution < -0.4 is 0 Å². The first-order valence-electron chi connectivity index (χ1n) is 9.11. The summed E-state index contributed by atoms with van der Waals surface area (Å²) in [6.45, 7) is 12.3. The zero-order chi connectivity index (χ0) is 19.0. The molecule has 1 heterocycles. The highest BCUT2D eigenvalue weighted by Gasteiger charge is 2.46. The number of hydrogen-bond acceptors (Lipinski definition) is 5. The predicted molar refractivity (Wildman–Crippen MR) is 93.0 cm³/mol. The molecule has 0 unspecified atom stereocenters. The van der Waals surface area contributed by atoms with E-state index in [4.69, 9.17) is 9.47 Å². The van der Waals surface area contributed by atoms with Gasteiger partial charge in [0.2, 0.25) is 0 Å². The van der Waals surface area contributed by atoms with Crippen molar-refractivity contribution in [3.63, 3.8) is 0 Å². The number of esters is 1. The fourth-order valence-electron chi connectivity index (χ4n) is 3.37. The third-order valence-corrected chi connectivity index (χ3v) is 5.15. The molecular formula is C19H31NO5. The second kappa shape index (κ2) is 6.96. The van der Waals surface area contributed by atoms with Crippen LogP contribution in [-0.2, 0) is 19.1 Å². The van der Waals surface area contributed by atoms with Crippen molar-refractivity contribution in [3.8, 4) is 0 Å². The van der Waals surface area contributed by atoms with Gasteiger partial charge in [-0.05, 0) is 47.0 Å². The molecule has 1 amide bonds. The Morgan fingerprint density at radius 2 is 1.68 bits per heavy atom. The molecule has 6 heteroatoms. The van der Waals surface area contributed by atoms with Crippen LogP contribution in [0.1, 0.15) is 60.8 Å². The lowest BCUT2D eigenvalue weighted by atomic mass is 9.79. The van der Waals surface area contributed by atoms with Crippen LogP contribution in [-0.4, -0.2) is 47.0 Å². The van der Waals surface area contributed by atoms with Crippen LogP contribution in [0, 0.1) is 17.8 Å². The van der Waals surface area contributed by atoms with Gasteiger partial charge in [-0.15, -0.1) is 0 Å². The molecule has 142 valence electrons. The number of ether oxygens (including phenoxy) is 2. The van der Waals surface area contributed by atoms with Crippen LogP contribution in [0.25, 0.3) is 0 Å². The molecule has 0 spiro atoms. The zero-order valence-electron chi connectivity index (χ0n) is 16.3. The van der Waals surface area contributed by atoms with Crippen LogP contribution >= 0.6 is 0 Å². The Labute approximate surface area is 150 Å². The third kappa shape index (κ3) is 4.95. The van der Waals surface area contributed by atoms with Crippen molar-refractivity contribution in [1.82, 2.24) is 4.90 Å². The van der Waals surface area contributed by atoms with Gasteiger partial charge < -0.3 is 14.4 Å². The highest BCUT2D eigenvalue weighted by Crippen LogP contribution is 2.35. The average molecular weight is 353 g/mol. The largest absolute Gasteiger partial charge is 0.459 e. The summed E-state index contributed by atoms with van der Waals surface area (Å²) in [5, 5.41) is 0. The van der Waals surface area contributed by atoms with Crippen molar-refractivity contribution >= 4 is 17.8 Å². The zero-order valence-corrected chi connectivity index (χ0v) is 16.3. The molecule has 0 bridgehead atoms. The fraction of sp³-hybridized carbons (Fsp3) is 0.842. The monoisotopic (exact) mass is 353 g/mol. The number of Topliss-reactive ketones (excluding diaryl/α,β-unsaturated/α-hetero) is 1. The first-order chi connectivity index (χ1) is 11.4. The maximum atomic E-state index is 12.5. The van der Waals surface area contributed by atoms with Gasteiger partial charge in [-0.2, -0.15) is 0 Å². The van der Waals surface area contributed by atoms with Gasteiger partial charge in [0.1, 0.15) is 17.0 Å². The van der Waals surface area contributed by atoms with E-state index in [1.807, 2.05) is 41.5 Å². The minimum absolute atomic E-state index is 0.0317. The van der Waals surface area contributed by atoms with Crippen LogP contribution in [0.5, 0.6) is 0 Å². The van der Waals surface area contributed by atoms with Gasteiger partial charge in [-0.1, -0.05) is 6.92 Å². The van der Waals surface area contributed by atoms with Gasteiger partial charge in [0.25, 0.3) is 0 Å². The molecule has 1 saturated carbocycles. The SMILES string of the molecule is C[C@H]1CC(=O)CC[C@H]1C(=O)OC(C)(C)C1CN(C(=O)OC(C)(C)C)C1. The van der Waals surface area contributed by atoms with E-state index in [1.165, 1.54) is 0 Å². The van der Waals surface area contributed by atoms with Crippen molar-refractivity contribution in [2.24, 2.45) is 17.8 Å². The predicted octanol–water partition coefficient (Wildman–Crippen LogP) is 3.18. The van der Waals surface area contributed by atoms with Crippen molar-refractivity contribution in [2.75, 3.05) is 13.1 Å². The number of likely N-dealkylation sites (tertiary alicyclic amines) is 1. The van der Waals surface area contributed by atoms with E-state index in [1.54, 1.807) is 4.90 Å². The quantitative estimate of drug-likeness (QED) is 0.729. The van der Waals surface area contributed by atoms with Gasteiger partial charge in [-0.25, -0.2) is 4.79 Å². The number of nitrogens with zero attached hydrogens (tertiary/aromatic N) is 1. The summed E-state index contributed by atoms with van der Waals surface area (Å²) in [6.07, 6.45) is 1.16. The molecule has 0 aromatic rings. The van der Waals surface area contributed by atoms with Crippen molar-refractivity contribution in [3.05, 3.63) is 0 Å². The number of hydrogen-bond donors (Lipinski definition) is 0. The number of ketones is 1. The molecule has 25 heavy (non-hydrogen) atoms. The van der Waals surface area contributed by atoms with Gasteiger partial charge in [0.15, 0.2) is 0 Å². The Morgan fingerprint density at radius 3 is 2.20 bits per heavy atom. The van der Waals surface area contributed by atoms with E-state index in [0.717, 1.165) is 0 Å². The third-order valence-electron chi connectivity index (χ3n) is 5.15. The highest BCUT2D eigenvalue weighted by atomic mass is 16.6. The fourth-order valence-corrected chi connectivity index (χ4v) is 3.37. The van der Waals surface area contributed by atoms with Gasteiger partial charge >= 0.3 is 12.1 Å². The number of carbonyl (C=O) groups is 3. The normalized spacial score (nSPS) is 25.4. The molecule has 1 saturated heterocycles. The van der Waals surface area contributed by atoms with Gasteiger partial charge in [0, 0.05) is 31.8 Å². The first kappa shape index (κ1) is 19.7. The second-order valence-corrected chi connectivity index (χ2v) is 8.97. The Morgan fingerprint density at radius 1 is 1.08 bits per heavy atom. The smallest absolute Gasteiger partial charge is 0.410 e. The van der Waals surface area contributed by atoms with Crippen molar-refractivity contribution in [2.45, 2.75) is 72.0 Å². The Bertz CT molecular complexity index is 543. The minimum atomic E-state index is -0.642. The molecule has 2 aliphatic rings. The molecule has 1 aliphatic carbocycles. The molecule has 2 fully saturated rings. The minimum Gasteiger partial charge on any atom is -0.459 e.